The molecule has 1 amide bonds. The number of rotatable bonds is 5. The molecule has 3 nitrogen and oxygen atoms in total. The highest BCUT2D eigenvalue weighted by molar-refractivity contribution is 5.85. The van der Waals surface area contributed by atoms with Gasteiger partial charge in [0, 0.05) is 6.04 Å². The SMILES string of the molecule is CNCC(=O)NC1CCCC1Cc1ccccc1.Cl. The van der Waals surface area contributed by atoms with Crippen molar-refractivity contribution in [2.75, 3.05) is 13.6 Å². The van der Waals surface area contributed by atoms with E-state index in [2.05, 4.69) is 34.9 Å². The van der Waals surface area contributed by atoms with Gasteiger partial charge in [-0.15, -0.1) is 12.4 Å². The Morgan fingerprint density at radius 1 is 1.26 bits per heavy atom. The van der Waals surface area contributed by atoms with E-state index in [0.29, 0.717) is 18.5 Å². The lowest BCUT2D eigenvalue weighted by atomic mass is 9.94. The first-order chi connectivity index (χ1) is 8.79. The van der Waals surface area contributed by atoms with Gasteiger partial charge in [0.1, 0.15) is 0 Å². The van der Waals surface area contributed by atoms with Crippen LogP contribution in [0.3, 0.4) is 0 Å². The number of hydrogen-bond acceptors (Lipinski definition) is 2. The summed E-state index contributed by atoms with van der Waals surface area (Å²) < 4.78 is 0. The second-order valence-corrected chi connectivity index (χ2v) is 5.09. The van der Waals surface area contributed by atoms with E-state index in [0.717, 1.165) is 12.8 Å². The zero-order valence-electron chi connectivity index (χ0n) is 11.4. The highest BCUT2D eigenvalue weighted by atomic mass is 35.5. The highest BCUT2D eigenvalue weighted by Gasteiger charge is 2.28. The maximum atomic E-state index is 11.6. The molecule has 1 saturated carbocycles. The molecule has 0 spiro atoms. The van der Waals surface area contributed by atoms with Crippen molar-refractivity contribution in [3.63, 3.8) is 0 Å². The molecule has 1 fully saturated rings. The maximum Gasteiger partial charge on any atom is 0.234 e. The fourth-order valence-electron chi connectivity index (χ4n) is 2.81. The second-order valence-electron chi connectivity index (χ2n) is 5.09. The predicted molar refractivity (Wildman–Crippen MR) is 80.6 cm³/mol. The summed E-state index contributed by atoms with van der Waals surface area (Å²) >= 11 is 0. The van der Waals surface area contributed by atoms with Crippen molar-refractivity contribution in [3.8, 4) is 0 Å². The van der Waals surface area contributed by atoms with Crippen molar-refractivity contribution < 1.29 is 4.79 Å². The van der Waals surface area contributed by atoms with Gasteiger partial charge in [0.2, 0.25) is 5.91 Å². The number of halogens is 1. The molecule has 0 radical (unpaired) electrons. The molecule has 2 N–H and O–H groups in total. The Kier molecular flexibility index (Phi) is 6.89. The van der Waals surface area contributed by atoms with Crippen LogP contribution in [0, 0.1) is 5.92 Å². The van der Waals surface area contributed by atoms with Gasteiger partial charge in [-0.3, -0.25) is 4.79 Å². The summed E-state index contributed by atoms with van der Waals surface area (Å²) in [7, 11) is 1.80. The Bertz CT molecular complexity index is 383. The van der Waals surface area contributed by atoms with Gasteiger partial charge in [0.25, 0.3) is 0 Å². The van der Waals surface area contributed by atoms with E-state index in [1.54, 1.807) is 7.05 Å². The van der Waals surface area contributed by atoms with Gasteiger partial charge in [-0.25, -0.2) is 0 Å². The third kappa shape index (κ3) is 4.84. The van der Waals surface area contributed by atoms with Gasteiger partial charge in [-0.05, 0) is 37.8 Å². The van der Waals surface area contributed by atoms with E-state index in [4.69, 9.17) is 0 Å². The predicted octanol–water partition coefficient (Wildman–Crippen LogP) is 2.16. The Morgan fingerprint density at radius 2 is 2.00 bits per heavy atom. The first-order valence-electron chi connectivity index (χ1n) is 6.77. The summed E-state index contributed by atoms with van der Waals surface area (Å²) in [5.74, 6) is 0.704. The molecule has 2 unspecified atom stereocenters. The lowest BCUT2D eigenvalue weighted by molar-refractivity contribution is -0.121. The van der Waals surface area contributed by atoms with E-state index >= 15 is 0 Å². The van der Waals surface area contributed by atoms with Gasteiger partial charge in [-0.1, -0.05) is 36.8 Å². The smallest absolute Gasteiger partial charge is 0.234 e. The highest BCUT2D eigenvalue weighted by Crippen LogP contribution is 2.28. The first kappa shape index (κ1) is 16.0. The molecule has 1 aliphatic carbocycles. The second kappa shape index (κ2) is 8.18. The number of benzene rings is 1. The molecule has 19 heavy (non-hydrogen) atoms. The lowest BCUT2D eigenvalue weighted by Gasteiger charge is -2.21. The molecule has 1 aromatic carbocycles. The molecule has 4 heteroatoms. The Hall–Kier alpha value is -1.06. The minimum Gasteiger partial charge on any atom is -0.352 e. The molecule has 0 saturated heterocycles. The van der Waals surface area contributed by atoms with Crippen LogP contribution in [0.1, 0.15) is 24.8 Å². The van der Waals surface area contributed by atoms with Crippen molar-refractivity contribution >= 4 is 18.3 Å². The number of likely N-dealkylation sites (N-methyl/N-ethyl adjacent to an activating group) is 1. The summed E-state index contributed by atoms with van der Waals surface area (Å²) in [6, 6.07) is 10.9. The average Bonchev–Trinajstić information content (AvgIpc) is 2.78. The van der Waals surface area contributed by atoms with E-state index in [1.165, 1.54) is 18.4 Å². The van der Waals surface area contributed by atoms with Crippen LogP contribution >= 0.6 is 12.4 Å². The van der Waals surface area contributed by atoms with Crippen LogP contribution in [0.2, 0.25) is 0 Å². The molecule has 1 aromatic rings. The molecule has 0 aromatic heterocycles. The molecule has 2 atom stereocenters. The number of nitrogens with one attached hydrogen (secondary N) is 2. The largest absolute Gasteiger partial charge is 0.352 e. The number of carbonyl (C=O) groups excluding carboxylic acids is 1. The maximum absolute atomic E-state index is 11.6. The van der Waals surface area contributed by atoms with Gasteiger partial charge < -0.3 is 10.6 Å². The monoisotopic (exact) mass is 282 g/mol. The molecular weight excluding hydrogens is 260 g/mol. The average molecular weight is 283 g/mol. The van der Waals surface area contributed by atoms with Gasteiger partial charge in [0.05, 0.1) is 6.54 Å². The third-order valence-electron chi connectivity index (χ3n) is 3.68. The van der Waals surface area contributed by atoms with E-state index < -0.39 is 0 Å². The van der Waals surface area contributed by atoms with Gasteiger partial charge >= 0.3 is 0 Å². The minimum absolute atomic E-state index is 0. The summed E-state index contributed by atoms with van der Waals surface area (Å²) in [6.07, 6.45) is 4.64. The van der Waals surface area contributed by atoms with E-state index in [9.17, 15) is 4.79 Å². The summed E-state index contributed by atoms with van der Waals surface area (Å²) in [4.78, 5) is 11.6. The molecule has 0 bridgehead atoms. The van der Waals surface area contributed by atoms with Crippen molar-refractivity contribution in [2.45, 2.75) is 31.7 Å². The van der Waals surface area contributed by atoms with E-state index in [-0.39, 0.29) is 18.3 Å². The van der Waals surface area contributed by atoms with Gasteiger partial charge in [-0.2, -0.15) is 0 Å². The molecular formula is C15H23ClN2O. The Morgan fingerprint density at radius 3 is 2.68 bits per heavy atom. The molecule has 1 aliphatic rings. The Balaban J connectivity index is 0.00000180. The lowest BCUT2D eigenvalue weighted by Crippen LogP contribution is -2.41. The van der Waals surface area contributed by atoms with Crippen LogP contribution in [0.25, 0.3) is 0 Å². The molecule has 2 rings (SSSR count). The normalized spacial score (nSPS) is 21.7. The number of amides is 1. The fourth-order valence-corrected chi connectivity index (χ4v) is 2.81. The van der Waals surface area contributed by atoms with Crippen LogP contribution in [0.5, 0.6) is 0 Å². The number of hydrogen-bond donors (Lipinski definition) is 2. The Labute approximate surface area is 121 Å². The summed E-state index contributed by atoms with van der Waals surface area (Å²) in [6.45, 7) is 0.411. The van der Waals surface area contributed by atoms with Crippen LogP contribution in [-0.2, 0) is 11.2 Å². The van der Waals surface area contributed by atoms with Crippen molar-refractivity contribution in [1.29, 1.82) is 0 Å². The van der Waals surface area contributed by atoms with Gasteiger partial charge in [0.15, 0.2) is 0 Å². The van der Waals surface area contributed by atoms with Crippen molar-refractivity contribution in [1.82, 2.24) is 10.6 Å². The molecule has 0 aliphatic heterocycles. The quantitative estimate of drug-likeness (QED) is 0.869. The minimum atomic E-state index is 0. The molecule has 0 heterocycles. The standard InChI is InChI=1S/C15H22N2O.ClH/c1-16-11-15(18)17-14-9-5-8-13(14)10-12-6-3-2-4-7-12;/h2-4,6-7,13-14,16H,5,8-11H2,1H3,(H,17,18);1H. The van der Waals surface area contributed by atoms with Crippen LogP contribution in [-0.4, -0.2) is 25.5 Å². The van der Waals surface area contributed by atoms with Crippen LogP contribution < -0.4 is 10.6 Å². The molecule has 106 valence electrons. The zero-order chi connectivity index (χ0) is 12.8. The fraction of sp³-hybridized carbons (Fsp3) is 0.533. The summed E-state index contributed by atoms with van der Waals surface area (Å²) in [5.41, 5.74) is 1.37. The van der Waals surface area contributed by atoms with Crippen molar-refractivity contribution in [2.24, 2.45) is 5.92 Å². The van der Waals surface area contributed by atoms with E-state index in [1.807, 2.05) is 6.07 Å². The first-order valence-corrected chi connectivity index (χ1v) is 6.77. The number of carbonyl (C=O) groups is 1. The summed E-state index contributed by atoms with van der Waals surface area (Å²) in [5, 5.41) is 6.04. The van der Waals surface area contributed by atoms with Crippen LogP contribution in [0.4, 0.5) is 0 Å². The third-order valence-corrected chi connectivity index (χ3v) is 3.68. The zero-order valence-corrected chi connectivity index (χ0v) is 12.2. The topological polar surface area (TPSA) is 41.1 Å². The van der Waals surface area contributed by atoms with Crippen LogP contribution in [0.15, 0.2) is 30.3 Å². The van der Waals surface area contributed by atoms with Crippen molar-refractivity contribution in [3.05, 3.63) is 35.9 Å².